The van der Waals surface area contributed by atoms with Crippen molar-refractivity contribution in [1.82, 2.24) is 5.32 Å². The third kappa shape index (κ3) is 2.89. The molecule has 2 heterocycles. The highest BCUT2D eigenvalue weighted by Crippen LogP contribution is 2.34. The summed E-state index contributed by atoms with van der Waals surface area (Å²) < 4.78 is 5.68. The van der Waals surface area contributed by atoms with E-state index in [4.69, 9.17) is 4.74 Å². The summed E-state index contributed by atoms with van der Waals surface area (Å²) in [6.07, 6.45) is 3.83. The summed E-state index contributed by atoms with van der Waals surface area (Å²) in [6.45, 7) is 1.86. The number of fused-ring (bicyclic) bond motifs is 2. The number of hydrogen-bond donors (Lipinski definition) is 2. The van der Waals surface area contributed by atoms with Gasteiger partial charge in [-0.3, -0.25) is 10.1 Å². The molecule has 2 aliphatic heterocycles. The Labute approximate surface area is 128 Å². The van der Waals surface area contributed by atoms with E-state index in [-0.39, 0.29) is 30.0 Å². The van der Waals surface area contributed by atoms with Crippen molar-refractivity contribution in [3.8, 4) is 0 Å². The number of anilines is 1. The van der Waals surface area contributed by atoms with Crippen molar-refractivity contribution >= 4 is 17.4 Å². The number of amides is 2. The molecule has 2 saturated heterocycles. The maximum Gasteiger partial charge on any atom is 0.319 e. The van der Waals surface area contributed by atoms with Crippen LogP contribution in [0, 0.1) is 10.1 Å². The lowest BCUT2D eigenvalue weighted by Gasteiger charge is -2.20. The summed E-state index contributed by atoms with van der Waals surface area (Å²) in [5.74, 6) is 0. The Hall–Kier alpha value is -2.15. The molecule has 2 aliphatic rings. The predicted octanol–water partition coefficient (Wildman–Crippen LogP) is 2.60. The van der Waals surface area contributed by atoms with Crippen molar-refractivity contribution in [3.05, 3.63) is 33.9 Å². The number of urea groups is 1. The Balaban J connectivity index is 1.64. The molecule has 2 fully saturated rings. The average Bonchev–Trinajstić information content (AvgIpc) is 3.09. The van der Waals surface area contributed by atoms with Crippen LogP contribution in [-0.2, 0) is 11.2 Å². The molecule has 0 spiro atoms. The van der Waals surface area contributed by atoms with Gasteiger partial charge in [0.15, 0.2) is 0 Å². The molecule has 0 aliphatic carbocycles. The normalized spacial score (nSPS) is 26.0. The van der Waals surface area contributed by atoms with Gasteiger partial charge in [-0.05, 0) is 31.7 Å². The van der Waals surface area contributed by atoms with E-state index in [1.54, 1.807) is 12.1 Å². The number of nitro groups is 1. The van der Waals surface area contributed by atoms with E-state index in [0.29, 0.717) is 17.7 Å². The average molecular weight is 305 g/mol. The largest absolute Gasteiger partial charge is 0.373 e. The topological polar surface area (TPSA) is 93.5 Å². The predicted molar refractivity (Wildman–Crippen MR) is 80.9 cm³/mol. The monoisotopic (exact) mass is 305 g/mol. The molecule has 1 aromatic rings. The summed E-state index contributed by atoms with van der Waals surface area (Å²) in [4.78, 5) is 22.7. The molecule has 1 aromatic carbocycles. The van der Waals surface area contributed by atoms with Crippen LogP contribution in [-0.4, -0.2) is 29.2 Å². The van der Waals surface area contributed by atoms with Gasteiger partial charge in [0.2, 0.25) is 0 Å². The van der Waals surface area contributed by atoms with Gasteiger partial charge in [0, 0.05) is 17.3 Å². The molecule has 22 heavy (non-hydrogen) atoms. The number of nitrogens with one attached hydrogen (secondary N) is 2. The molecule has 7 nitrogen and oxygen atoms in total. The SMILES string of the molecule is CCc1ccc(NC(=O)N[C@@H]2C[C@H]3CC[C@H]2O3)cc1[N+](=O)[O-]. The Bertz CT molecular complexity index is 604. The van der Waals surface area contributed by atoms with Gasteiger partial charge in [-0.1, -0.05) is 13.0 Å². The second-order valence-electron chi connectivity index (χ2n) is 5.77. The molecule has 2 amide bonds. The van der Waals surface area contributed by atoms with Crippen molar-refractivity contribution < 1.29 is 14.5 Å². The number of benzene rings is 1. The minimum atomic E-state index is -0.425. The smallest absolute Gasteiger partial charge is 0.319 e. The van der Waals surface area contributed by atoms with Crippen molar-refractivity contribution in [2.45, 2.75) is 50.9 Å². The Morgan fingerprint density at radius 1 is 1.45 bits per heavy atom. The number of nitro benzene ring substituents is 1. The Morgan fingerprint density at radius 2 is 2.27 bits per heavy atom. The van der Waals surface area contributed by atoms with Gasteiger partial charge in [0.05, 0.1) is 23.2 Å². The second-order valence-corrected chi connectivity index (χ2v) is 5.77. The summed E-state index contributed by atoms with van der Waals surface area (Å²) in [5.41, 5.74) is 1.10. The van der Waals surface area contributed by atoms with Crippen LogP contribution < -0.4 is 10.6 Å². The van der Waals surface area contributed by atoms with E-state index < -0.39 is 4.92 Å². The number of carbonyl (C=O) groups excluding carboxylic acids is 1. The molecule has 3 atom stereocenters. The van der Waals surface area contributed by atoms with Crippen LogP contribution in [0.3, 0.4) is 0 Å². The molecule has 7 heteroatoms. The molecule has 0 radical (unpaired) electrons. The molecule has 0 aromatic heterocycles. The van der Waals surface area contributed by atoms with E-state index in [0.717, 1.165) is 19.3 Å². The first-order chi connectivity index (χ1) is 10.6. The van der Waals surface area contributed by atoms with Gasteiger partial charge in [0.1, 0.15) is 0 Å². The molecule has 2 bridgehead atoms. The fourth-order valence-electron chi connectivity index (χ4n) is 3.24. The number of ether oxygens (including phenoxy) is 1. The molecule has 118 valence electrons. The van der Waals surface area contributed by atoms with Gasteiger partial charge in [-0.25, -0.2) is 4.79 Å². The van der Waals surface area contributed by atoms with E-state index in [9.17, 15) is 14.9 Å². The van der Waals surface area contributed by atoms with Crippen molar-refractivity contribution in [1.29, 1.82) is 0 Å². The van der Waals surface area contributed by atoms with Crippen molar-refractivity contribution in [2.24, 2.45) is 0 Å². The Kier molecular flexibility index (Phi) is 3.98. The highest BCUT2D eigenvalue weighted by Gasteiger charge is 2.41. The third-order valence-electron chi connectivity index (χ3n) is 4.34. The van der Waals surface area contributed by atoms with Crippen LogP contribution >= 0.6 is 0 Å². The van der Waals surface area contributed by atoms with E-state index in [2.05, 4.69) is 10.6 Å². The number of aryl methyl sites for hydroxylation is 1. The van der Waals surface area contributed by atoms with Crippen LogP contribution in [0.15, 0.2) is 18.2 Å². The van der Waals surface area contributed by atoms with Gasteiger partial charge >= 0.3 is 6.03 Å². The summed E-state index contributed by atoms with van der Waals surface area (Å²) in [6, 6.07) is 4.44. The lowest BCUT2D eigenvalue weighted by atomic mass is 9.96. The fourth-order valence-corrected chi connectivity index (χ4v) is 3.24. The second kappa shape index (κ2) is 5.92. The molecular weight excluding hydrogens is 286 g/mol. The standard InChI is InChI=1S/C15H19N3O4/c1-2-9-3-4-10(7-13(9)18(20)21)16-15(19)17-12-8-11-5-6-14(12)22-11/h3-4,7,11-12,14H,2,5-6,8H2,1H3,(H2,16,17,19)/t11-,12-,14-/m1/s1. The van der Waals surface area contributed by atoms with Crippen LogP contribution in [0.1, 0.15) is 31.7 Å². The van der Waals surface area contributed by atoms with Gasteiger partial charge in [0.25, 0.3) is 5.69 Å². The number of hydrogen-bond acceptors (Lipinski definition) is 4. The van der Waals surface area contributed by atoms with Gasteiger partial charge < -0.3 is 15.4 Å². The third-order valence-corrected chi connectivity index (χ3v) is 4.34. The lowest BCUT2D eigenvalue weighted by Crippen LogP contribution is -2.43. The highest BCUT2D eigenvalue weighted by molar-refractivity contribution is 5.90. The summed E-state index contributed by atoms with van der Waals surface area (Å²) >= 11 is 0. The maximum absolute atomic E-state index is 12.0. The molecule has 3 rings (SSSR count). The fraction of sp³-hybridized carbons (Fsp3) is 0.533. The summed E-state index contributed by atoms with van der Waals surface area (Å²) in [7, 11) is 0. The molecule has 2 N–H and O–H groups in total. The van der Waals surface area contributed by atoms with E-state index in [1.807, 2.05) is 6.92 Å². The minimum absolute atomic E-state index is 0.0311. The van der Waals surface area contributed by atoms with Gasteiger partial charge in [-0.15, -0.1) is 0 Å². The first-order valence-corrected chi connectivity index (χ1v) is 7.57. The zero-order valence-electron chi connectivity index (χ0n) is 12.4. The zero-order chi connectivity index (χ0) is 15.7. The number of nitrogens with zero attached hydrogens (tertiary/aromatic N) is 1. The van der Waals surface area contributed by atoms with Crippen molar-refractivity contribution in [3.63, 3.8) is 0 Å². The van der Waals surface area contributed by atoms with Crippen LogP contribution in [0.5, 0.6) is 0 Å². The molecule has 0 unspecified atom stereocenters. The number of rotatable bonds is 4. The quantitative estimate of drug-likeness (QED) is 0.660. The minimum Gasteiger partial charge on any atom is -0.373 e. The maximum atomic E-state index is 12.0. The Morgan fingerprint density at radius 3 is 2.86 bits per heavy atom. The summed E-state index contributed by atoms with van der Waals surface area (Å²) in [5, 5.41) is 16.6. The molecule has 0 saturated carbocycles. The zero-order valence-corrected chi connectivity index (χ0v) is 12.4. The van der Waals surface area contributed by atoms with Gasteiger partial charge in [-0.2, -0.15) is 0 Å². The first-order valence-electron chi connectivity index (χ1n) is 7.57. The van der Waals surface area contributed by atoms with Crippen LogP contribution in [0.2, 0.25) is 0 Å². The lowest BCUT2D eigenvalue weighted by molar-refractivity contribution is -0.385. The highest BCUT2D eigenvalue weighted by atomic mass is 16.6. The van der Waals surface area contributed by atoms with Crippen molar-refractivity contribution in [2.75, 3.05) is 5.32 Å². The number of carbonyl (C=O) groups is 1. The van der Waals surface area contributed by atoms with Crippen LogP contribution in [0.25, 0.3) is 0 Å². The van der Waals surface area contributed by atoms with E-state index in [1.165, 1.54) is 6.07 Å². The van der Waals surface area contributed by atoms with E-state index >= 15 is 0 Å². The molecular formula is C15H19N3O4. The van der Waals surface area contributed by atoms with Crippen LogP contribution in [0.4, 0.5) is 16.2 Å². The first kappa shape index (κ1) is 14.8.